The molecule has 4 heterocycles. The first-order valence-corrected chi connectivity index (χ1v) is 11.1. The minimum absolute atomic E-state index is 0.160. The number of amides is 1. The first kappa shape index (κ1) is 20.8. The van der Waals surface area contributed by atoms with Crippen molar-refractivity contribution in [3.63, 3.8) is 0 Å². The monoisotopic (exact) mass is 405 g/mol. The van der Waals surface area contributed by atoms with E-state index in [1.807, 2.05) is 0 Å². The Morgan fingerprint density at radius 3 is 2.55 bits per heavy atom. The van der Waals surface area contributed by atoms with E-state index in [9.17, 15) is 4.79 Å². The number of carbonyl (C=O) groups is 1. The molecule has 3 aliphatic heterocycles. The molecule has 0 bridgehead atoms. The first-order chi connectivity index (χ1) is 14.1. The highest BCUT2D eigenvalue weighted by Crippen LogP contribution is 2.48. The maximum atomic E-state index is 12.8. The highest BCUT2D eigenvalue weighted by molar-refractivity contribution is 5.78. The van der Waals surface area contributed by atoms with E-state index in [1.54, 1.807) is 7.11 Å². The molecule has 1 unspecified atom stereocenters. The van der Waals surface area contributed by atoms with Crippen molar-refractivity contribution in [1.82, 2.24) is 24.9 Å². The van der Waals surface area contributed by atoms with Crippen LogP contribution in [0.4, 0.5) is 0 Å². The van der Waals surface area contributed by atoms with E-state index in [1.165, 1.54) is 25.7 Å². The third-order valence-electron chi connectivity index (χ3n) is 7.01. The van der Waals surface area contributed by atoms with Crippen LogP contribution in [0.15, 0.2) is 4.42 Å². The summed E-state index contributed by atoms with van der Waals surface area (Å²) < 4.78 is 10.9. The number of hydrogen-bond acceptors (Lipinski definition) is 7. The fourth-order valence-corrected chi connectivity index (χ4v) is 5.31. The molecule has 0 radical (unpaired) electrons. The van der Waals surface area contributed by atoms with Gasteiger partial charge in [-0.1, -0.05) is 12.8 Å². The summed E-state index contributed by atoms with van der Waals surface area (Å²) in [7, 11) is 3.76. The number of nitrogens with zero attached hydrogens (tertiary/aromatic N) is 5. The zero-order valence-electron chi connectivity index (χ0n) is 17.9. The van der Waals surface area contributed by atoms with Gasteiger partial charge in [-0.2, -0.15) is 0 Å². The summed E-state index contributed by atoms with van der Waals surface area (Å²) in [6.45, 7) is 5.85. The Balaban J connectivity index is 1.30. The molecule has 0 saturated carbocycles. The third-order valence-corrected chi connectivity index (χ3v) is 7.01. The van der Waals surface area contributed by atoms with Crippen LogP contribution < -0.4 is 0 Å². The molecule has 8 heteroatoms. The lowest BCUT2D eigenvalue weighted by molar-refractivity contribution is -0.134. The number of ether oxygens (including phenoxy) is 1. The third kappa shape index (κ3) is 4.81. The van der Waals surface area contributed by atoms with E-state index in [2.05, 4.69) is 31.9 Å². The fourth-order valence-electron chi connectivity index (χ4n) is 5.31. The van der Waals surface area contributed by atoms with Crippen LogP contribution in [-0.4, -0.2) is 84.2 Å². The van der Waals surface area contributed by atoms with E-state index in [4.69, 9.17) is 9.15 Å². The summed E-state index contributed by atoms with van der Waals surface area (Å²) in [5, 5.41) is 8.34. The molecule has 0 aliphatic carbocycles. The number of piperidine rings is 1. The van der Waals surface area contributed by atoms with E-state index in [0.717, 1.165) is 52.0 Å². The maximum Gasteiger partial charge on any atom is 0.242 e. The molecule has 0 aromatic carbocycles. The largest absolute Gasteiger partial charge is 0.421 e. The molecule has 8 nitrogen and oxygen atoms in total. The number of rotatable bonds is 5. The predicted molar refractivity (Wildman–Crippen MR) is 108 cm³/mol. The number of likely N-dealkylation sites (tertiary alicyclic amines) is 3. The van der Waals surface area contributed by atoms with Crippen molar-refractivity contribution in [2.45, 2.75) is 57.6 Å². The second-order valence-electron chi connectivity index (χ2n) is 9.17. The van der Waals surface area contributed by atoms with Crippen LogP contribution in [0.1, 0.15) is 62.8 Å². The zero-order chi connectivity index (χ0) is 20.3. The van der Waals surface area contributed by atoms with E-state index >= 15 is 0 Å². The molecule has 1 aromatic rings. The summed E-state index contributed by atoms with van der Waals surface area (Å²) in [6, 6.07) is 0.160. The van der Waals surface area contributed by atoms with Gasteiger partial charge in [-0.15, -0.1) is 10.2 Å². The van der Waals surface area contributed by atoms with Crippen LogP contribution in [0, 0.1) is 5.41 Å². The lowest BCUT2D eigenvalue weighted by Gasteiger charge is -2.39. The predicted octanol–water partition coefficient (Wildman–Crippen LogP) is 2.08. The van der Waals surface area contributed by atoms with Gasteiger partial charge in [0.2, 0.25) is 17.7 Å². The Morgan fingerprint density at radius 1 is 1.14 bits per heavy atom. The van der Waals surface area contributed by atoms with Gasteiger partial charge in [0.15, 0.2) is 0 Å². The van der Waals surface area contributed by atoms with Crippen LogP contribution in [-0.2, 0) is 16.1 Å². The van der Waals surface area contributed by atoms with E-state index in [-0.39, 0.29) is 11.5 Å². The number of carbonyl (C=O) groups excluding carboxylic acids is 1. The van der Waals surface area contributed by atoms with Crippen LogP contribution in [0.5, 0.6) is 0 Å². The van der Waals surface area contributed by atoms with Crippen molar-refractivity contribution in [3.8, 4) is 0 Å². The fraction of sp³-hybridized carbons (Fsp3) is 0.857. The van der Waals surface area contributed by atoms with Gasteiger partial charge < -0.3 is 14.1 Å². The molecule has 1 spiro atoms. The van der Waals surface area contributed by atoms with Crippen molar-refractivity contribution in [2.24, 2.45) is 5.41 Å². The van der Waals surface area contributed by atoms with Gasteiger partial charge in [0.05, 0.1) is 12.6 Å². The van der Waals surface area contributed by atoms with Crippen molar-refractivity contribution < 1.29 is 13.9 Å². The van der Waals surface area contributed by atoms with E-state index in [0.29, 0.717) is 30.8 Å². The molecule has 162 valence electrons. The van der Waals surface area contributed by atoms with Gasteiger partial charge in [-0.3, -0.25) is 14.6 Å². The minimum atomic E-state index is 0.160. The zero-order valence-corrected chi connectivity index (χ0v) is 17.9. The number of hydrogen-bond donors (Lipinski definition) is 0. The second kappa shape index (κ2) is 9.10. The van der Waals surface area contributed by atoms with E-state index < -0.39 is 0 Å². The highest BCUT2D eigenvalue weighted by atomic mass is 16.5. The first-order valence-electron chi connectivity index (χ1n) is 11.1. The molecule has 4 rings (SSSR count). The Labute approximate surface area is 173 Å². The lowest BCUT2D eigenvalue weighted by atomic mass is 9.76. The average Bonchev–Trinajstić information content (AvgIpc) is 3.19. The normalized spacial score (nSPS) is 26.1. The standard InChI is InChI=1S/C21H35N5O3/c1-24-16-21(13-17(24)20-23-22-18(29-20)15-28-2)7-11-26(12-8-21)19(27)14-25-9-5-3-4-6-10-25/h17H,3-16H2,1-2H3. The van der Waals surface area contributed by atoms with Crippen LogP contribution in [0.3, 0.4) is 0 Å². The van der Waals surface area contributed by atoms with Crippen LogP contribution in [0.25, 0.3) is 0 Å². The summed E-state index contributed by atoms with van der Waals surface area (Å²) in [6.07, 6.45) is 8.19. The van der Waals surface area contributed by atoms with Gasteiger partial charge >= 0.3 is 0 Å². The lowest BCUT2D eigenvalue weighted by Crippen LogP contribution is -2.47. The van der Waals surface area contributed by atoms with Gasteiger partial charge in [-0.25, -0.2) is 0 Å². The molecule has 3 saturated heterocycles. The Bertz CT molecular complexity index is 678. The topological polar surface area (TPSA) is 74.9 Å². The molecule has 0 N–H and O–H groups in total. The highest BCUT2D eigenvalue weighted by Gasteiger charge is 2.46. The minimum Gasteiger partial charge on any atom is -0.421 e. The van der Waals surface area contributed by atoms with Crippen LogP contribution in [0.2, 0.25) is 0 Å². The Morgan fingerprint density at radius 2 is 1.86 bits per heavy atom. The van der Waals surface area contributed by atoms with Crippen molar-refractivity contribution in [3.05, 3.63) is 11.8 Å². The maximum absolute atomic E-state index is 12.8. The molecule has 29 heavy (non-hydrogen) atoms. The summed E-state index contributed by atoms with van der Waals surface area (Å²) in [5.74, 6) is 1.53. The summed E-state index contributed by atoms with van der Waals surface area (Å²) in [5.41, 5.74) is 0.245. The molecule has 1 amide bonds. The molecular formula is C21H35N5O3. The SMILES string of the molecule is COCc1nnc(C2CC3(CCN(C(=O)CN4CCCCCC4)CC3)CN2C)o1. The van der Waals surface area contributed by atoms with Gasteiger partial charge in [0.1, 0.15) is 6.61 Å². The average molecular weight is 406 g/mol. The van der Waals surface area contributed by atoms with Crippen molar-refractivity contribution in [1.29, 1.82) is 0 Å². The summed E-state index contributed by atoms with van der Waals surface area (Å²) in [4.78, 5) is 19.6. The number of aromatic nitrogens is 2. The van der Waals surface area contributed by atoms with Crippen LogP contribution >= 0.6 is 0 Å². The number of methoxy groups -OCH3 is 1. The smallest absolute Gasteiger partial charge is 0.242 e. The molecule has 3 aliphatic rings. The molecular weight excluding hydrogens is 370 g/mol. The van der Waals surface area contributed by atoms with Gasteiger partial charge in [0.25, 0.3) is 0 Å². The molecule has 1 atom stereocenters. The molecule has 1 aromatic heterocycles. The van der Waals surface area contributed by atoms with Crippen molar-refractivity contribution in [2.75, 3.05) is 53.4 Å². The Hall–Kier alpha value is -1.51. The second-order valence-corrected chi connectivity index (χ2v) is 9.17. The summed E-state index contributed by atoms with van der Waals surface area (Å²) >= 11 is 0. The van der Waals surface area contributed by atoms with Crippen molar-refractivity contribution >= 4 is 5.91 Å². The molecule has 3 fully saturated rings. The quantitative estimate of drug-likeness (QED) is 0.742. The van der Waals surface area contributed by atoms with Gasteiger partial charge in [0, 0.05) is 26.7 Å². The Kier molecular flexibility index (Phi) is 6.51. The van der Waals surface area contributed by atoms with Gasteiger partial charge in [-0.05, 0) is 57.7 Å².